The van der Waals surface area contributed by atoms with E-state index in [-0.39, 0.29) is 5.91 Å². The van der Waals surface area contributed by atoms with E-state index < -0.39 is 0 Å². The number of carbonyl (C=O) groups excluding carboxylic acids is 1. The third kappa shape index (κ3) is 5.07. The van der Waals surface area contributed by atoms with Gasteiger partial charge in [0.15, 0.2) is 0 Å². The van der Waals surface area contributed by atoms with Crippen molar-refractivity contribution >= 4 is 34.7 Å². The number of hydrogen-bond donors (Lipinski definition) is 2. The molecular weight excluding hydrogens is 398 g/mol. The fraction of sp³-hybridized carbons (Fsp3) is 0.261. The van der Waals surface area contributed by atoms with E-state index in [1.54, 1.807) is 30.5 Å². The number of nitrogens with one attached hydrogen (secondary N) is 2. The summed E-state index contributed by atoms with van der Waals surface area (Å²) in [6, 6.07) is 14.6. The van der Waals surface area contributed by atoms with E-state index in [1.165, 1.54) is 5.69 Å². The number of amides is 1. The van der Waals surface area contributed by atoms with Crippen LogP contribution in [0.5, 0.6) is 0 Å². The van der Waals surface area contributed by atoms with Gasteiger partial charge in [-0.05, 0) is 67.3 Å². The summed E-state index contributed by atoms with van der Waals surface area (Å²) in [5.41, 5.74) is 2.46. The summed E-state index contributed by atoms with van der Waals surface area (Å²) >= 11 is 5.90. The summed E-state index contributed by atoms with van der Waals surface area (Å²) in [6.07, 6.45) is 7.61. The minimum absolute atomic E-state index is 0.187. The molecule has 0 spiro atoms. The number of nitrogens with zero attached hydrogens (tertiary/aromatic N) is 3. The number of rotatable bonds is 6. The maximum Gasteiger partial charge on any atom is 0.255 e. The Hall–Kier alpha value is -3.12. The molecule has 0 bridgehead atoms. The minimum atomic E-state index is -0.187. The lowest BCUT2D eigenvalue weighted by atomic mass is 9.96. The van der Waals surface area contributed by atoms with Crippen LogP contribution in [0.25, 0.3) is 0 Å². The van der Waals surface area contributed by atoms with E-state index >= 15 is 0 Å². The topological polar surface area (TPSA) is 70.2 Å². The highest BCUT2D eigenvalue weighted by molar-refractivity contribution is 6.30. The Kier molecular flexibility index (Phi) is 6.44. The molecule has 1 saturated heterocycles. The third-order valence-electron chi connectivity index (χ3n) is 5.36. The van der Waals surface area contributed by atoms with Gasteiger partial charge in [-0.3, -0.25) is 9.78 Å². The van der Waals surface area contributed by atoms with Crippen molar-refractivity contribution < 1.29 is 4.79 Å². The van der Waals surface area contributed by atoms with Crippen LogP contribution >= 0.6 is 11.6 Å². The zero-order valence-electron chi connectivity index (χ0n) is 16.6. The number of benzene rings is 1. The predicted octanol–water partition coefficient (Wildman–Crippen LogP) is 4.71. The molecule has 0 radical (unpaired) electrons. The lowest BCUT2D eigenvalue weighted by molar-refractivity contribution is 0.102. The van der Waals surface area contributed by atoms with Crippen molar-refractivity contribution in [1.82, 2.24) is 9.97 Å². The molecule has 4 rings (SSSR count). The number of aromatic nitrogens is 2. The van der Waals surface area contributed by atoms with Crippen LogP contribution in [0.3, 0.4) is 0 Å². The van der Waals surface area contributed by atoms with Gasteiger partial charge in [0.2, 0.25) is 0 Å². The molecule has 2 aromatic heterocycles. The summed E-state index contributed by atoms with van der Waals surface area (Å²) in [7, 11) is 0. The molecule has 2 N–H and O–H groups in total. The Morgan fingerprint density at radius 3 is 2.50 bits per heavy atom. The van der Waals surface area contributed by atoms with Crippen molar-refractivity contribution in [3.05, 3.63) is 77.7 Å². The summed E-state index contributed by atoms with van der Waals surface area (Å²) in [5, 5.41) is 6.97. The van der Waals surface area contributed by atoms with Crippen LogP contribution in [0.2, 0.25) is 5.02 Å². The van der Waals surface area contributed by atoms with Gasteiger partial charge in [0.25, 0.3) is 5.91 Å². The van der Waals surface area contributed by atoms with Gasteiger partial charge in [0, 0.05) is 54.5 Å². The maximum atomic E-state index is 12.5. The van der Waals surface area contributed by atoms with Crippen LogP contribution in [0.4, 0.5) is 17.2 Å². The van der Waals surface area contributed by atoms with Crippen LogP contribution in [0, 0.1) is 5.92 Å². The fourth-order valence-corrected chi connectivity index (χ4v) is 3.76. The van der Waals surface area contributed by atoms with Crippen molar-refractivity contribution in [1.29, 1.82) is 0 Å². The highest BCUT2D eigenvalue weighted by Crippen LogP contribution is 2.25. The van der Waals surface area contributed by atoms with E-state index in [2.05, 4.69) is 37.6 Å². The monoisotopic (exact) mass is 421 g/mol. The zero-order chi connectivity index (χ0) is 20.8. The maximum absolute atomic E-state index is 12.5. The molecule has 0 saturated carbocycles. The lowest BCUT2D eigenvalue weighted by Gasteiger charge is -2.33. The van der Waals surface area contributed by atoms with Gasteiger partial charge < -0.3 is 15.5 Å². The van der Waals surface area contributed by atoms with Crippen molar-refractivity contribution in [3.63, 3.8) is 0 Å². The Balaban J connectivity index is 1.32. The fourth-order valence-electron chi connectivity index (χ4n) is 3.63. The largest absolute Gasteiger partial charge is 0.371 e. The van der Waals surface area contributed by atoms with Gasteiger partial charge in [0.05, 0.1) is 5.69 Å². The van der Waals surface area contributed by atoms with Gasteiger partial charge in [-0.25, -0.2) is 4.98 Å². The molecule has 0 aliphatic carbocycles. The first-order chi connectivity index (χ1) is 14.7. The molecule has 3 heterocycles. The SMILES string of the molecule is O=C(Nc1cccnc1NCC1CCN(c2ccncc2)CC1)c1ccc(Cl)cc1. The molecule has 6 nitrogen and oxygen atoms in total. The standard InChI is InChI=1S/C23H24ClN5O/c24-19-5-3-18(4-6-19)23(30)28-21-2-1-11-26-22(21)27-16-17-9-14-29(15-10-17)20-7-12-25-13-8-20/h1-8,11-13,17H,9-10,14-16H2,(H,26,27)(H,28,30). The predicted molar refractivity (Wildman–Crippen MR) is 121 cm³/mol. The van der Waals surface area contributed by atoms with Crippen molar-refractivity contribution in [2.75, 3.05) is 35.2 Å². The van der Waals surface area contributed by atoms with Gasteiger partial charge in [-0.2, -0.15) is 0 Å². The number of anilines is 3. The van der Waals surface area contributed by atoms with Gasteiger partial charge in [-0.1, -0.05) is 11.6 Å². The Morgan fingerprint density at radius 1 is 1.03 bits per heavy atom. The summed E-state index contributed by atoms with van der Waals surface area (Å²) < 4.78 is 0. The molecule has 3 aromatic rings. The molecule has 30 heavy (non-hydrogen) atoms. The Bertz CT molecular complexity index is 972. The van der Waals surface area contributed by atoms with E-state index in [9.17, 15) is 4.79 Å². The van der Waals surface area contributed by atoms with Crippen LogP contribution in [-0.4, -0.2) is 35.5 Å². The van der Waals surface area contributed by atoms with E-state index in [1.807, 2.05) is 24.5 Å². The van der Waals surface area contributed by atoms with Crippen LogP contribution in [0.1, 0.15) is 23.2 Å². The third-order valence-corrected chi connectivity index (χ3v) is 5.61. The van der Waals surface area contributed by atoms with Gasteiger partial charge in [0.1, 0.15) is 5.82 Å². The molecule has 7 heteroatoms. The van der Waals surface area contributed by atoms with Crippen molar-refractivity contribution in [3.8, 4) is 0 Å². The average Bonchev–Trinajstić information content (AvgIpc) is 2.80. The first kappa shape index (κ1) is 20.2. The van der Waals surface area contributed by atoms with Crippen molar-refractivity contribution in [2.24, 2.45) is 5.92 Å². The van der Waals surface area contributed by atoms with E-state index in [4.69, 9.17) is 11.6 Å². The Labute approximate surface area is 181 Å². The smallest absolute Gasteiger partial charge is 0.255 e. The summed E-state index contributed by atoms with van der Waals surface area (Å²) in [6.45, 7) is 2.88. The van der Waals surface area contributed by atoms with Crippen LogP contribution in [-0.2, 0) is 0 Å². The zero-order valence-corrected chi connectivity index (χ0v) is 17.3. The van der Waals surface area contributed by atoms with E-state index in [0.717, 1.165) is 32.5 Å². The highest BCUT2D eigenvalue weighted by atomic mass is 35.5. The molecule has 1 aliphatic heterocycles. The quantitative estimate of drug-likeness (QED) is 0.603. The number of hydrogen-bond acceptors (Lipinski definition) is 5. The first-order valence-corrected chi connectivity index (χ1v) is 10.5. The normalized spacial score (nSPS) is 14.4. The molecule has 154 valence electrons. The second-order valence-electron chi connectivity index (χ2n) is 7.38. The molecule has 1 aliphatic rings. The summed E-state index contributed by atoms with van der Waals surface area (Å²) in [5.74, 6) is 1.06. The molecular formula is C23H24ClN5O. The molecule has 1 amide bonds. The first-order valence-electron chi connectivity index (χ1n) is 10.1. The summed E-state index contributed by atoms with van der Waals surface area (Å²) in [4.78, 5) is 23.4. The van der Waals surface area contributed by atoms with Gasteiger partial charge >= 0.3 is 0 Å². The molecule has 0 unspecified atom stereocenters. The number of carbonyl (C=O) groups is 1. The number of piperidine rings is 1. The van der Waals surface area contributed by atoms with Crippen LogP contribution in [0.15, 0.2) is 67.1 Å². The van der Waals surface area contributed by atoms with Crippen LogP contribution < -0.4 is 15.5 Å². The van der Waals surface area contributed by atoms with E-state index in [0.29, 0.717) is 28.0 Å². The second kappa shape index (κ2) is 9.59. The number of halogens is 1. The second-order valence-corrected chi connectivity index (χ2v) is 7.81. The van der Waals surface area contributed by atoms with Gasteiger partial charge in [-0.15, -0.1) is 0 Å². The minimum Gasteiger partial charge on any atom is -0.371 e. The molecule has 1 aromatic carbocycles. The lowest BCUT2D eigenvalue weighted by Crippen LogP contribution is -2.35. The average molecular weight is 422 g/mol. The Morgan fingerprint density at radius 2 is 1.77 bits per heavy atom. The molecule has 1 fully saturated rings. The highest BCUT2D eigenvalue weighted by Gasteiger charge is 2.20. The molecule has 0 atom stereocenters. The number of pyridine rings is 2. The van der Waals surface area contributed by atoms with Crippen molar-refractivity contribution in [2.45, 2.75) is 12.8 Å².